The van der Waals surface area contributed by atoms with E-state index in [1.165, 1.54) is 41.6 Å². The summed E-state index contributed by atoms with van der Waals surface area (Å²) in [4.78, 5) is 16.9. The van der Waals surface area contributed by atoms with Crippen LogP contribution in [0.15, 0.2) is 30.5 Å². The first-order valence-electron chi connectivity index (χ1n) is 11.0. The van der Waals surface area contributed by atoms with Crippen LogP contribution in [0.1, 0.15) is 64.8 Å². The first-order valence-corrected chi connectivity index (χ1v) is 11.0. The molecule has 0 spiro atoms. The predicted octanol–water partition coefficient (Wildman–Crippen LogP) is 3.75. The van der Waals surface area contributed by atoms with Crippen LogP contribution in [0.5, 0.6) is 0 Å². The summed E-state index contributed by atoms with van der Waals surface area (Å²) in [5, 5.41) is 10.3. The molecule has 0 unspecified atom stereocenters. The average molecular weight is 393 g/mol. The van der Waals surface area contributed by atoms with Crippen LogP contribution in [-0.4, -0.2) is 30.0 Å². The second kappa shape index (κ2) is 9.40. The molecule has 0 radical (unpaired) electrons. The molecule has 0 atom stereocenters. The van der Waals surface area contributed by atoms with E-state index in [2.05, 4.69) is 40.0 Å². The van der Waals surface area contributed by atoms with E-state index in [4.69, 9.17) is 0 Å². The number of amides is 1. The summed E-state index contributed by atoms with van der Waals surface area (Å²) in [5.41, 5.74) is 7.01. The third-order valence-electron chi connectivity index (χ3n) is 6.21. The van der Waals surface area contributed by atoms with Gasteiger partial charge < -0.3 is 16.0 Å². The SMILES string of the molecule is Cc1ccc2c(c1NCc1ccc(C(=O)NC3CCCCC3)nc1)CCNCC2. The maximum atomic E-state index is 12.4. The molecule has 2 aromatic rings. The Kier molecular flexibility index (Phi) is 6.45. The highest BCUT2D eigenvalue weighted by atomic mass is 16.1. The molecule has 0 saturated heterocycles. The molecule has 5 nitrogen and oxygen atoms in total. The minimum atomic E-state index is -0.0480. The first-order chi connectivity index (χ1) is 14.2. The molecule has 4 rings (SSSR count). The van der Waals surface area contributed by atoms with Crippen LogP contribution in [0.25, 0.3) is 0 Å². The second-order valence-corrected chi connectivity index (χ2v) is 8.36. The number of hydrogen-bond acceptors (Lipinski definition) is 4. The van der Waals surface area contributed by atoms with Gasteiger partial charge >= 0.3 is 0 Å². The van der Waals surface area contributed by atoms with E-state index >= 15 is 0 Å². The van der Waals surface area contributed by atoms with Gasteiger partial charge in [0.15, 0.2) is 0 Å². The Morgan fingerprint density at radius 3 is 2.72 bits per heavy atom. The smallest absolute Gasteiger partial charge is 0.270 e. The number of carbonyl (C=O) groups is 1. The Balaban J connectivity index is 1.39. The van der Waals surface area contributed by atoms with Gasteiger partial charge in [-0.05, 0) is 74.0 Å². The molecule has 1 amide bonds. The molecule has 3 N–H and O–H groups in total. The van der Waals surface area contributed by atoms with Gasteiger partial charge in [-0.25, -0.2) is 0 Å². The number of nitrogens with zero attached hydrogens (tertiary/aromatic N) is 1. The molecular weight excluding hydrogens is 360 g/mol. The zero-order chi connectivity index (χ0) is 20.1. The van der Waals surface area contributed by atoms with Crippen LogP contribution in [0.2, 0.25) is 0 Å². The van der Waals surface area contributed by atoms with Crippen molar-refractivity contribution in [3.63, 3.8) is 0 Å². The summed E-state index contributed by atoms with van der Waals surface area (Å²) in [5.74, 6) is -0.0480. The number of carbonyl (C=O) groups excluding carboxylic acids is 1. The predicted molar refractivity (Wildman–Crippen MR) is 117 cm³/mol. The van der Waals surface area contributed by atoms with Crippen LogP contribution in [0.3, 0.4) is 0 Å². The highest BCUT2D eigenvalue weighted by Gasteiger charge is 2.17. The summed E-state index contributed by atoms with van der Waals surface area (Å²) < 4.78 is 0. The molecule has 1 aromatic carbocycles. The number of aryl methyl sites for hydroxylation is 1. The Morgan fingerprint density at radius 1 is 1.10 bits per heavy atom. The highest BCUT2D eigenvalue weighted by Crippen LogP contribution is 2.27. The fourth-order valence-corrected chi connectivity index (χ4v) is 4.50. The molecule has 5 heteroatoms. The van der Waals surface area contributed by atoms with Crippen molar-refractivity contribution in [1.29, 1.82) is 0 Å². The van der Waals surface area contributed by atoms with Crippen molar-refractivity contribution in [2.45, 2.75) is 64.5 Å². The largest absolute Gasteiger partial charge is 0.380 e. The number of pyridine rings is 1. The van der Waals surface area contributed by atoms with E-state index < -0.39 is 0 Å². The number of rotatable bonds is 5. The van der Waals surface area contributed by atoms with Gasteiger partial charge in [-0.3, -0.25) is 9.78 Å². The van der Waals surface area contributed by atoms with E-state index in [0.717, 1.165) is 44.3 Å². The van der Waals surface area contributed by atoms with Gasteiger partial charge in [0.1, 0.15) is 5.69 Å². The van der Waals surface area contributed by atoms with E-state index in [0.29, 0.717) is 18.3 Å². The number of benzene rings is 1. The van der Waals surface area contributed by atoms with Crippen molar-refractivity contribution in [2.75, 3.05) is 18.4 Å². The molecule has 1 aliphatic heterocycles. The normalized spacial score (nSPS) is 17.3. The van der Waals surface area contributed by atoms with Crippen LogP contribution >= 0.6 is 0 Å². The molecule has 154 valence electrons. The number of hydrogen-bond donors (Lipinski definition) is 3. The molecular formula is C24H32N4O. The van der Waals surface area contributed by atoms with Crippen molar-refractivity contribution < 1.29 is 4.79 Å². The van der Waals surface area contributed by atoms with Crippen LogP contribution in [-0.2, 0) is 19.4 Å². The molecule has 2 heterocycles. The number of anilines is 1. The maximum absolute atomic E-state index is 12.4. The lowest BCUT2D eigenvalue weighted by atomic mass is 9.95. The fourth-order valence-electron chi connectivity index (χ4n) is 4.50. The zero-order valence-electron chi connectivity index (χ0n) is 17.4. The van der Waals surface area contributed by atoms with E-state index in [1.54, 1.807) is 0 Å². The van der Waals surface area contributed by atoms with Crippen LogP contribution in [0, 0.1) is 6.92 Å². The third-order valence-corrected chi connectivity index (χ3v) is 6.21. The summed E-state index contributed by atoms with van der Waals surface area (Å²) in [7, 11) is 0. The van der Waals surface area contributed by atoms with Gasteiger partial charge in [0.2, 0.25) is 0 Å². The molecule has 1 aliphatic carbocycles. The summed E-state index contributed by atoms with van der Waals surface area (Å²) in [6.45, 7) is 4.95. The van der Waals surface area contributed by atoms with Gasteiger partial charge in [-0.1, -0.05) is 37.5 Å². The summed E-state index contributed by atoms with van der Waals surface area (Å²) in [6.07, 6.45) is 9.83. The van der Waals surface area contributed by atoms with Gasteiger partial charge in [-0.2, -0.15) is 0 Å². The third kappa shape index (κ3) is 4.96. The molecule has 1 saturated carbocycles. The monoisotopic (exact) mass is 392 g/mol. The Hall–Kier alpha value is -2.40. The number of fused-ring (bicyclic) bond motifs is 1. The first kappa shape index (κ1) is 19.9. The van der Waals surface area contributed by atoms with Crippen molar-refractivity contribution in [3.8, 4) is 0 Å². The van der Waals surface area contributed by atoms with Crippen molar-refractivity contribution >= 4 is 11.6 Å². The van der Waals surface area contributed by atoms with Gasteiger partial charge in [0, 0.05) is 24.5 Å². The summed E-state index contributed by atoms with van der Waals surface area (Å²) in [6, 6.07) is 8.64. The minimum absolute atomic E-state index is 0.0480. The summed E-state index contributed by atoms with van der Waals surface area (Å²) >= 11 is 0. The zero-order valence-corrected chi connectivity index (χ0v) is 17.4. The lowest BCUT2D eigenvalue weighted by Gasteiger charge is -2.22. The Morgan fingerprint density at radius 2 is 1.93 bits per heavy atom. The van der Waals surface area contributed by atoms with E-state index in [9.17, 15) is 4.79 Å². The van der Waals surface area contributed by atoms with E-state index in [-0.39, 0.29) is 5.91 Å². The van der Waals surface area contributed by atoms with Crippen LogP contribution in [0.4, 0.5) is 5.69 Å². The Labute approximate surface area is 173 Å². The van der Waals surface area contributed by atoms with Gasteiger partial charge in [0.05, 0.1) is 0 Å². The fraction of sp³-hybridized carbons (Fsp3) is 0.500. The number of nitrogens with one attached hydrogen (secondary N) is 3. The topological polar surface area (TPSA) is 66.0 Å². The van der Waals surface area contributed by atoms with E-state index in [1.807, 2.05) is 18.3 Å². The molecule has 1 fully saturated rings. The average Bonchev–Trinajstić information content (AvgIpc) is 3.00. The lowest BCUT2D eigenvalue weighted by molar-refractivity contribution is 0.0922. The van der Waals surface area contributed by atoms with Crippen LogP contribution < -0.4 is 16.0 Å². The van der Waals surface area contributed by atoms with Crippen molar-refractivity contribution in [1.82, 2.24) is 15.6 Å². The second-order valence-electron chi connectivity index (χ2n) is 8.36. The lowest BCUT2D eigenvalue weighted by Crippen LogP contribution is -2.36. The molecule has 1 aromatic heterocycles. The molecule has 29 heavy (non-hydrogen) atoms. The quantitative estimate of drug-likeness (QED) is 0.725. The van der Waals surface area contributed by atoms with Gasteiger partial charge in [0.25, 0.3) is 5.91 Å². The molecule has 0 bridgehead atoms. The van der Waals surface area contributed by atoms with Crippen molar-refractivity contribution in [2.24, 2.45) is 0 Å². The van der Waals surface area contributed by atoms with Gasteiger partial charge in [-0.15, -0.1) is 0 Å². The maximum Gasteiger partial charge on any atom is 0.270 e. The van der Waals surface area contributed by atoms with Crippen molar-refractivity contribution in [3.05, 3.63) is 58.4 Å². The minimum Gasteiger partial charge on any atom is -0.380 e. The molecule has 2 aliphatic rings. The Bertz CT molecular complexity index is 841. The highest BCUT2D eigenvalue weighted by molar-refractivity contribution is 5.92. The number of aromatic nitrogens is 1. The standard InChI is InChI=1S/C24H32N4O/c1-17-7-9-19-11-13-25-14-12-21(19)23(17)27-16-18-8-10-22(26-15-18)24(29)28-20-5-3-2-4-6-20/h7-10,15,20,25,27H,2-6,11-14,16H2,1H3,(H,28,29).